The molecule has 1 saturated heterocycles. The lowest BCUT2D eigenvalue weighted by Gasteiger charge is -2.32. The maximum absolute atomic E-state index is 12.2. The van der Waals surface area contributed by atoms with Crippen molar-refractivity contribution in [2.24, 2.45) is 0 Å². The lowest BCUT2D eigenvalue weighted by atomic mass is 9.79. The summed E-state index contributed by atoms with van der Waals surface area (Å²) in [7, 11) is -0.492. The highest BCUT2D eigenvalue weighted by Crippen LogP contribution is 2.36. The predicted octanol–water partition coefficient (Wildman–Crippen LogP) is 1.66. The van der Waals surface area contributed by atoms with Crippen molar-refractivity contribution in [1.82, 2.24) is 10.3 Å². The van der Waals surface area contributed by atoms with Crippen molar-refractivity contribution in [1.29, 1.82) is 0 Å². The fourth-order valence-electron chi connectivity index (χ4n) is 2.51. The van der Waals surface area contributed by atoms with Gasteiger partial charge in [-0.1, -0.05) is 0 Å². The quantitative estimate of drug-likeness (QED) is 0.863. The summed E-state index contributed by atoms with van der Waals surface area (Å²) in [5, 5.41) is 3.02. The Hall–Kier alpha value is -1.40. The van der Waals surface area contributed by atoms with Crippen LogP contribution in [0.15, 0.2) is 18.5 Å². The van der Waals surface area contributed by atoms with Crippen LogP contribution in [-0.2, 0) is 9.31 Å². The Morgan fingerprint density at radius 1 is 1.23 bits per heavy atom. The molecular weight excluding hydrogens is 279 g/mol. The highest BCUT2D eigenvalue weighted by Gasteiger charge is 2.51. The van der Waals surface area contributed by atoms with Gasteiger partial charge in [-0.25, -0.2) is 0 Å². The minimum Gasteiger partial charge on any atom is -0.399 e. The number of aromatic nitrogens is 1. The molecule has 0 unspecified atom stereocenters. The molecule has 1 saturated carbocycles. The number of carbonyl (C=O) groups is 1. The molecule has 0 spiro atoms. The highest BCUT2D eigenvalue weighted by atomic mass is 16.7. The Bertz CT molecular complexity index is 569. The lowest BCUT2D eigenvalue weighted by Crippen LogP contribution is -2.41. The average molecular weight is 302 g/mol. The third-order valence-corrected chi connectivity index (χ3v) is 4.99. The van der Waals surface area contributed by atoms with Crippen LogP contribution in [-0.4, -0.2) is 35.3 Å². The largest absolute Gasteiger partial charge is 0.496 e. The van der Waals surface area contributed by atoms with Crippen LogP contribution in [0.3, 0.4) is 0 Å². The van der Waals surface area contributed by atoms with Gasteiger partial charge in [-0.15, -0.1) is 0 Å². The van der Waals surface area contributed by atoms with Crippen LogP contribution < -0.4 is 10.8 Å². The molecule has 1 N–H and O–H groups in total. The second kappa shape index (κ2) is 5.35. The summed E-state index contributed by atoms with van der Waals surface area (Å²) >= 11 is 0. The summed E-state index contributed by atoms with van der Waals surface area (Å²) in [5.41, 5.74) is 0.531. The monoisotopic (exact) mass is 302 g/mol. The van der Waals surface area contributed by atoms with Crippen molar-refractivity contribution >= 4 is 18.5 Å². The normalized spacial score (nSPS) is 23.2. The van der Waals surface area contributed by atoms with Gasteiger partial charge in [-0.3, -0.25) is 9.78 Å². The summed E-state index contributed by atoms with van der Waals surface area (Å²) in [4.78, 5) is 16.4. The van der Waals surface area contributed by atoms with Gasteiger partial charge in [0.05, 0.1) is 16.8 Å². The first-order chi connectivity index (χ1) is 10.3. The molecule has 22 heavy (non-hydrogen) atoms. The van der Waals surface area contributed by atoms with Gasteiger partial charge >= 0.3 is 7.12 Å². The molecule has 5 nitrogen and oxygen atoms in total. The van der Waals surface area contributed by atoms with E-state index in [-0.39, 0.29) is 5.91 Å². The van der Waals surface area contributed by atoms with E-state index < -0.39 is 18.3 Å². The summed E-state index contributed by atoms with van der Waals surface area (Å²) in [5.74, 6) is -0.0735. The maximum atomic E-state index is 12.2. The van der Waals surface area contributed by atoms with Crippen molar-refractivity contribution in [2.75, 3.05) is 0 Å². The molecule has 3 rings (SSSR count). The Morgan fingerprint density at radius 3 is 2.41 bits per heavy atom. The maximum Gasteiger partial charge on any atom is 0.496 e. The van der Waals surface area contributed by atoms with Gasteiger partial charge in [0, 0.05) is 23.9 Å². The SMILES string of the molecule is CC1(C)OB(c2cncc(C(=O)NC3CCC3)c2)OC1(C)C. The lowest BCUT2D eigenvalue weighted by molar-refractivity contribution is 0.00578. The van der Waals surface area contributed by atoms with Crippen molar-refractivity contribution in [3.8, 4) is 0 Å². The van der Waals surface area contributed by atoms with Crippen LogP contribution in [0.2, 0.25) is 0 Å². The minimum absolute atomic E-state index is 0.0735. The number of rotatable bonds is 3. The Morgan fingerprint density at radius 2 is 1.86 bits per heavy atom. The minimum atomic E-state index is -0.492. The number of hydrogen-bond acceptors (Lipinski definition) is 4. The Balaban J connectivity index is 1.75. The number of carbonyl (C=O) groups excluding carboxylic acids is 1. The van der Waals surface area contributed by atoms with E-state index in [0.717, 1.165) is 18.3 Å². The average Bonchev–Trinajstić information content (AvgIpc) is 2.63. The first-order valence-corrected chi connectivity index (χ1v) is 7.90. The van der Waals surface area contributed by atoms with E-state index in [1.54, 1.807) is 12.4 Å². The number of pyridine rings is 1. The zero-order valence-electron chi connectivity index (χ0n) is 13.7. The van der Waals surface area contributed by atoms with Crippen LogP contribution in [0.4, 0.5) is 0 Å². The first-order valence-electron chi connectivity index (χ1n) is 7.90. The van der Waals surface area contributed by atoms with E-state index in [9.17, 15) is 4.79 Å². The molecule has 2 aliphatic rings. The van der Waals surface area contributed by atoms with Gasteiger partial charge in [-0.05, 0) is 53.0 Å². The van der Waals surface area contributed by atoms with Crippen LogP contribution >= 0.6 is 0 Å². The summed E-state index contributed by atoms with van der Waals surface area (Å²) in [6.07, 6.45) is 6.61. The zero-order valence-corrected chi connectivity index (χ0v) is 13.7. The summed E-state index contributed by atoms with van der Waals surface area (Å²) in [6, 6.07) is 2.12. The molecule has 1 aliphatic heterocycles. The molecule has 1 aromatic rings. The number of hydrogen-bond donors (Lipinski definition) is 1. The number of nitrogens with zero attached hydrogens (tertiary/aromatic N) is 1. The molecule has 0 radical (unpaired) electrons. The molecule has 0 atom stereocenters. The third kappa shape index (κ3) is 2.77. The highest BCUT2D eigenvalue weighted by molar-refractivity contribution is 6.62. The molecular formula is C16H23BN2O3. The standard InChI is InChI=1S/C16H23BN2O3/c1-15(2)16(3,4)22-17(21-15)12-8-11(9-18-10-12)14(20)19-13-6-5-7-13/h8-10,13H,5-7H2,1-4H3,(H,19,20). The molecule has 1 aromatic heterocycles. The van der Waals surface area contributed by atoms with E-state index in [4.69, 9.17) is 9.31 Å². The summed E-state index contributed by atoms with van der Waals surface area (Å²) in [6.45, 7) is 8.03. The van der Waals surface area contributed by atoms with E-state index in [0.29, 0.717) is 11.6 Å². The van der Waals surface area contributed by atoms with E-state index in [1.165, 1.54) is 6.42 Å². The van der Waals surface area contributed by atoms with E-state index in [1.807, 2.05) is 33.8 Å². The molecule has 1 amide bonds. The van der Waals surface area contributed by atoms with Crippen LogP contribution in [0.1, 0.15) is 57.3 Å². The zero-order chi connectivity index (χ0) is 16.0. The fourth-order valence-corrected chi connectivity index (χ4v) is 2.51. The van der Waals surface area contributed by atoms with E-state index >= 15 is 0 Å². The molecule has 6 heteroatoms. The van der Waals surface area contributed by atoms with Crippen LogP contribution in [0, 0.1) is 0 Å². The molecule has 118 valence electrons. The molecule has 0 bridgehead atoms. The van der Waals surface area contributed by atoms with Crippen LogP contribution in [0.5, 0.6) is 0 Å². The third-order valence-electron chi connectivity index (χ3n) is 4.99. The summed E-state index contributed by atoms with van der Waals surface area (Å²) < 4.78 is 12.0. The first kappa shape index (κ1) is 15.5. The predicted molar refractivity (Wildman–Crippen MR) is 85.1 cm³/mol. The Kier molecular flexibility index (Phi) is 3.77. The number of amides is 1. The van der Waals surface area contributed by atoms with Gasteiger partial charge in [0.1, 0.15) is 0 Å². The van der Waals surface area contributed by atoms with Gasteiger partial charge in [0.25, 0.3) is 5.91 Å². The van der Waals surface area contributed by atoms with Crippen molar-refractivity contribution < 1.29 is 14.1 Å². The van der Waals surface area contributed by atoms with Crippen molar-refractivity contribution in [2.45, 2.75) is 64.2 Å². The van der Waals surface area contributed by atoms with Crippen molar-refractivity contribution in [3.05, 3.63) is 24.0 Å². The molecule has 2 heterocycles. The molecule has 2 fully saturated rings. The van der Waals surface area contributed by atoms with Gasteiger partial charge in [0.15, 0.2) is 0 Å². The number of nitrogens with one attached hydrogen (secondary N) is 1. The topological polar surface area (TPSA) is 60.5 Å². The molecule has 1 aliphatic carbocycles. The molecule has 0 aromatic carbocycles. The van der Waals surface area contributed by atoms with Gasteiger partial charge < -0.3 is 14.6 Å². The fraction of sp³-hybridized carbons (Fsp3) is 0.625. The van der Waals surface area contributed by atoms with E-state index in [2.05, 4.69) is 10.3 Å². The van der Waals surface area contributed by atoms with Gasteiger partial charge in [-0.2, -0.15) is 0 Å². The second-order valence-electron chi connectivity index (χ2n) is 7.20. The van der Waals surface area contributed by atoms with Crippen LogP contribution in [0.25, 0.3) is 0 Å². The second-order valence-corrected chi connectivity index (χ2v) is 7.20. The Labute approximate surface area is 131 Å². The van der Waals surface area contributed by atoms with Gasteiger partial charge in [0.2, 0.25) is 0 Å². The smallest absolute Gasteiger partial charge is 0.399 e. The van der Waals surface area contributed by atoms with Crippen molar-refractivity contribution in [3.63, 3.8) is 0 Å².